The lowest BCUT2D eigenvalue weighted by molar-refractivity contribution is 0.443. The molecule has 6 nitrogen and oxygen atoms in total. The monoisotopic (exact) mass is 414 g/mol. The lowest BCUT2D eigenvalue weighted by atomic mass is 9.90. The summed E-state index contributed by atoms with van der Waals surface area (Å²) in [5.74, 6) is 0.561. The lowest BCUT2D eigenvalue weighted by Gasteiger charge is -2.43. The second-order valence-corrected chi connectivity index (χ2v) is 11.6. The smallest absolute Gasteiger partial charge is 0.214 e. The average Bonchev–Trinajstić information content (AvgIpc) is 3.40. The van der Waals surface area contributed by atoms with Crippen molar-refractivity contribution in [2.75, 3.05) is 11.1 Å². The van der Waals surface area contributed by atoms with Crippen molar-refractivity contribution in [3.63, 3.8) is 0 Å². The maximum atomic E-state index is 13.7. The van der Waals surface area contributed by atoms with Crippen LogP contribution >= 0.6 is 0 Å². The third-order valence-electron chi connectivity index (χ3n) is 6.68. The molecule has 0 unspecified atom stereocenters. The molecule has 5 rings (SSSR count). The van der Waals surface area contributed by atoms with Gasteiger partial charge in [-0.1, -0.05) is 18.2 Å². The van der Waals surface area contributed by atoms with Gasteiger partial charge in [0.1, 0.15) is 16.4 Å². The molecule has 152 valence electrons. The van der Waals surface area contributed by atoms with Gasteiger partial charge in [-0.15, -0.1) is 0 Å². The highest BCUT2D eigenvalue weighted by atomic mass is 32.2. The van der Waals surface area contributed by atoms with Crippen LogP contribution in [0.3, 0.4) is 0 Å². The SMILES string of the molecule is CC1(C)C(=N)N[C@](C)(c2ccc3c(c2)Nc2nc(F)ccc2[C@H]2C[C@@H]32)CS1(=O)=O. The Morgan fingerprint density at radius 3 is 2.55 bits per heavy atom. The van der Waals surface area contributed by atoms with Crippen molar-refractivity contribution in [1.82, 2.24) is 10.3 Å². The van der Waals surface area contributed by atoms with Crippen molar-refractivity contribution in [3.05, 3.63) is 53.0 Å². The van der Waals surface area contributed by atoms with Gasteiger partial charge in [-0.2, -0.15) is 4.39 Å². The van der Waals surface area contributed by atoms with Crippen molar-refractivity contribution in [3.8, 4) is 0 Å². The molecule has 3 heterocycles. The minimum absolute atomic E-state index is 0.00880. The first-order valence-corrected chi connectivity index (χ1v) is 11.3. The number of amidine groups is 1. The number of pyridine rings is 1. The molecule has 0 bridgehead atoms. The Hall–Kier alpha value is -2.48. The van der Waals surface area contributed by atoms with Gasteiger partial charge in [-0.05, 0) is 67.9 Å². The number of fused-ring (bicyclic) bond motifs is 5. The quantitative estimate of drug-likeness (QED) is 0.621. The number of rotatable bonds is 1. The summed E-state index contributed by atoms with van der Waals surface area (Å²) in [5, 5.41) is 14.7. The van der Waals surface area contributed by atoms with Gasteiger partial charge in [0.25, 0.3) is 0 Å². The highest BCUT2D eigenvalue weighted by Crippen LogP contribution is 2.60. The van der Waals surface area contributed by atoms with E-state index in [1.807, 2.05) is 18.2 Å². The molecule has 1 saturated carbocycles. The maximum Gasteiger partial charge on any atom is 0.214 e. The van der Waals surface area contributed by atoms with E-state index in [9.17, 15) is 12.8 Å². The van der Waals surface area contributed by atoms with Crippen molar-refractivity contribution in [2.24, 2.45) is 0 Å². The molecule has 2 aliphatic heterocycles. The van der Waals surface area contributed by atoms with Crippen LogP contribution in [-0.2, 0) is 15.4 Å². The molecule has 3 atom stereocenters. The fraction of sp³-hybridized carbons (Fsp3) is 0.429. The van der Waals surface area contributed by atoms with Gasteiger partial charge >= 0.3 is 0 Å². The third kappa shape index (κ3) is 2.61. The molecule has 2 aromatic rings. The van der Waals surface area contributed by atoms with Gasteiger partial charge in [0.15, 0.2) is 9.84 Å². The summed E-state index contributed by atoms with van der Waals surface area (Å²) in [4.78, 5) is 4.04. The highest BCUT2D eigenvalue weighted by Gasteiger charge is 2.51. The van der Waals surface area contributed by atoms with Crippen LogP contribution in [0.25, 0.3) is 0 Å². The minimum atomic E-state index is -3.52. The molecule has 1 aromatic heterocycles. The normalized spacial score (nSPS) is 30.7. The fourth-order valence-corrected chi connectivity index (χ4v) is 6.24. The van der Waals surface area contributed by atoms with E-state index in [0.717, 1.165) is 28.8 Å². The van der Waals surface area contributed by atoms with Crippen LogP contribution in [0.15, 0.2) is 30.3 Å². The van der Waals surface area contributed by atoms with Crippen LogP contribution in [0, 0.1) is 11.4 Å². The predicted octanol–water partition coefficient (Wildman–Crippen LogP) is 3.54. The molecule has 2 fully saturated rings. The minimum Gasteiger partial charge on any atom is -0.362 e. The van der Waals surface area contributed by atoms with Gasteiger partial charge in [0.05, 0.1) is 11.3 Å². The van der Waals surface area contributed by atoms with E-state index in [4.69, 9.17) is 5.41 Å². The molecule has 1 saturated heterocycles. The van der Waals surface area contributed by atoms with E-state index in [1.54, 1.807) is 26.8 Å². The Morgan fingerprint density at radius 2 is 1.83 bits per heavy atom. The van der Waals surface area contributed by atoms with E-state index in [-0.39, 0.29) is 11.6 Å². The predicted molar refractivity (Wildman–Crippen MR) is 110 cm³/mol. The van der Waals surface area contributed by atoms with Crippen molar-refractivity contribution < 1.29 is 12.8 Å². The summed E-state index contributed by atoms with van der Waals surface area (Å²) in [6.07, 6.45) is 0.997. The molecule has 0 spiro atoms. The Kier molecular flexibility index (Phi) is 3.56. The van der Waals surface area contributed by atoms with Crippen molar-refractivity contribution >= 4 is 27.2 Å². The summed E-state index contributed by atoms with van der Waals surface area (Å²) in [7, 11) is -3.52. The van der Waals surface area contributed by atoms with E-state index in [2.05, 4.69) is 15.6 Å². The maximum absolute atomic E-state index is 13.7. The molecule has 0 amide bonds. The van der Waals surface area contributed by atoms with Gasteiger partial charge in [-0.3, -0.25) is 5.41 Å². The standard InChI is InChI=1S/C21H23FN4O2S/c1-20(2)19(23)26-21(3,10-29(20,27)28)11-4-5-12-14-9-15(14)13-6-7-17(22)25-18(13)24-16(12)8-11/h4-8,14-15H,9-10H2,1-3H3,(H2,23,26)(H,24,25)/t14-,15+,21-/m0/s1. The summed E-state index contributed by atoms with van der Waals surface area (Å²) >= 11 is 0. The molecule has 8 heteroatoms. The number of aromatic nitrogens is 1. The van der Waals surface area contributed by atoms with Gasteiger partial charge in [0, 0.05) is 5.69 Å². The number of sulfone groups is 1. The van der Waals surface area contributed by atoms with E-state index >= 15 is 0 Å². The number of anilines is 2. The van der Waals surface area contributed by atoms with Crippen LogP contribution in [0.2, 0.25) is 0 Å². The summed E-state index contributed by atoms with van der Waals surface area (Å²) < 4.78 is 38.2. The van der Waals surface area contributed by atoms with Crippen LogP contribution in [0.4, 0.5) is 15.9 Å². The zero-order valence-corrected chi connectivity index (χ0v) is 17.3. The van der Waals surface area contributed by atoms with E-state index in [1.165, 1.54) is 6.07 Å². The molecule has 3 aliphatic rings. The largest absolute Gasteiger partial charge is 0.362 e. The van der Waals surface area contributed by atoms with Crippen molar-refractivity contribution in [2.45, 2.75) is 49.3 Å². The first-order valence-electron chi connectivity index (χ1n) is 9.69. The molecule has 3 N–H and O–H groups in total. The second-order valence-electron chi connectivity index (χ2n) is 9.05. The second kappa shape index (κ2) is 5.56. The third-order valence-corrected chi connectivity index (χ3v) is 9.40. The Labute approximate surface area is 169 Å². The average molecular weight is 415 g/mol. The van der Waals surface area contributed by atoms with Crippen molar-refractivity contribution in [1.29, 1.82) is 5.41 Å². The van der Waals surface area contributed by atoms with Crippen LogP contribution in [0.1, 0.15) is 55.7 Å². The number of nitrogens with zero attached hydrogens (tertiary/aromatic N) is 1. The van der Waals surface area contributed by atoms with E-state index in [0.29, 0.717) is 17.7 Å². The Bertz CT molecular complexity index is 1180. The Balaban J connectivity index is 1.58. The molecule has 1 aromatic carbocycles. The lowest BCUT2D eigenvalue weighted by Crippen LogP contribution is -2.63. The molecule has 0 radical (unpaired) electrons. The number of hydrogen-bond acceptors (Lipinski definition) is 5. The van der Waals surface area contributed by atoms with Crippen LogP contribution in [0.5, 0.6) is 0 Å². The first-order chi connectivity index (χ1) is 13.5. The van der Waals surface area contributed by atoms with Gasteiger partial charge in [0.2, 0.25) is 5.95 Å². The molecule has 1 aliphatic carbocycles. The number of nitrogens with one attached hydrogen (secondary N) is 3. The zero-order chi connectivity index (χ0) is 20.8. The summed E-state index contributed by atoms with van der Waals surface area (Å²) in [6.45, 7) is 4.92. The van der Waals surface area contributed by atoms with Crippen LogP contribution < -0.4 is 10.6 Å². The number of halogens is 1. The fourth-order valence-electron chi connectivity index (χ4n) is 4.52. The van der Waals surface area contributed by atoms with Gasteiger partial charge in [-0.25, -0.2) is 13.4 Å². The first kappa shape index (κ1) is 18.5. The molecular weight excluding hydrogens is 391 g/mol. The number of hydrogen-bond donors (Lipinski definition) is 3. The highest BCUT2D eigenvalue weighted by molar-refractivity contribution is 7.93. The topological polar surface area (TPSA) is 94.9 Å². The van der Waals surface area contributed by atoms with Gasteiger partial charge < -0.3 is 10.6 Å². The molecule has 29 heavy (non-hydrogen) atoms. The summed E-state index contributed by atoms with van der Waals surface area (Å²) in [6, 6.07) is 9.06. The zero-order valence-electron chi connectivity index (χ0n) is 16.5. The van der Waals surface area contributed by atoms with Crippen LogP contribution in [-0.4, -0.2) is 29.7 Å². The summed E-state index contributed by atoms with van der Waals surface area (Å²) in [5.41, 5.74) is 2.82. The van der Waals surface area contributed by atoms with E-state index < -0.39 is 26.1 Å². The number of benzene rings is 1. The Morgan fingerprint density at radius 1 is 1.14 bits per heavy atom. The molecular formula is C21H23FN4O2S.